The molecule has 3 aliphatic rings. The Balaban J connectivity index is 1.70. The maximum atomic E-state index is 10.2. The number of aliphatic hydroxyl groups is 1. The zero-order valence-corrected chi connectivity index (χ0v) is 8.48. The largest absolute Gasteiger partial charge is 0.501 e. The molecule has 1 N–H and O–H groups in total. The van der Waals surface area contributed by atoms with Crippen molar-refractivity contribution < 1.29 is 9.84 Å². The molecular formula is C12H18O2. The first-order valence-electron chi connectivity index (χ1n) is 5.83. The number of ether oxygens (including phenoxy) is 1. The van der Waals surface area contributed by atoms with Crippen LogP contribution in [0.2, 0.25) is 0 Å². The van der Waals surface area contributed by atoms with Crippen LogP contribution in [0.15, 0.2) is 11.8 Å². The van der Waals surface area contributed by atoms with Crippen LogP contribution in [0.3, 0.4) is 0 Å². The van der Waals surface area contributed by atoms with Crippen LogP contribution >= 0.6 is 0 Å². The highest BCUT2D eigenvalue weighted by atomic mass is 16.5. The molecular weight excluding hydrogens is 176 g/mol. The van der Waals surface area contributed by atoms with Crippen molar-refractivity contribution in [3.63, 3.8) is 0 Å². The second-order valence-electron chi connectivity index (χ2n) is 5.10. The van der Waals surface area contributed by atoms with E-state index in [2.05, 4.69) is 0 Å². The van der Waals surface area contributed by atoms with Gasteiger partial charge in [0, 0.05) is 6.42 Å². The lowest BCUT2D eigenvalue weighted by Crippen LogP contribution is -2.27. The molecule has 3 rings (SSSR count). The van der Waals surface area contributed by atoms with Crippen LogP contribution in [-0.2, 0) is 4.74 Å². The summed E-state index contributed by atoms with van der Waals surface area (Å²) in [6.07, 6.45) is 7.90. The van der Waals surface area contributed by atoms with Gasteiger partial charge in [0.15, 0.2) is 0 Å². The average Bonchev–Trinajstić information content (AvgIpc) is 2.93. The van der Waals surface area contributed by atoms with Crippen molar-refractivity contribution in [3.05, 3.63) is 11.8 Å². The standard InChI is InChI=1S/C12H18O2/c13-12(10-3-4-14-7-10)11-6-8-1-2-9(11)5-8/h7-9,11-13H,1-6H2. The van der Waals surface area contributed by atoms with Gasteiger partial charge < -0.3 is 9.84 Å². The molecule has 1 aliphatic heterocycles. The third kappa shape index (κ3) is 1.28. The fraction of sp³-hybridized carbons (Fsp3) is 0.833. The number of hydrogen-bond donors (Lipinski definition) is 1. The highest BCUT2D eigenvalue weighted by Crippen LogP contribution is 2.50. The molecule has 4 unspecified atom stereocenters. The molecule has 2 bridgehead atoms. The second kappa shape index (κ2) is 3.27. The highest BCUT2D eigenvalue weighted by molar-refractivity contribution is 5.12. The van der Waals surface area contributed by atoms with E-state index in [4.69, 9.17) is 4.74 Å². The molecule has 0 amide bonds. The molecule has 0 aromatic carbocycles. The lowest BCUT2D eigenvalue weighted by Gasteiger charge is -2.27. The Labute approximate surface area is 85.0 Å². The van der Waals surface area contributed by atoms with Crippen molar-refractivity contribution >= 4 is 0 Å². The fourth-order valence-electron chi connectivity index (χ4n) is 3.57. The summed E-state index contributed by atoms with van der Waals surface area (Å²) in [6.45, 7) is 0.771. The Kier molecular flexibility index (Phi) is 2.05. The first kappa shape index (κ1) is 8.78. The molecule has 2 aliphatic carbocycles. The molecule has 1 heterocycles. The summed E-state index contributed by atoms with van der Waals surface area (Å²) in [4.78, 5) is 0. The smallest absolute Gasteiger partial charge is 0.0912 e. The van der Waals surface area contributed by atoms with E-state index in [1.165, 1.54) is 25.7 Å². The van der Waals surface area contributed by atoms with Gasteiger partial charge in [0.25, 0.3) is 0 Å². The fourth-order valence-corrected chi connectivity index (χ4v) is 3.57. The van der Waals surface area contributed by atoms with Crippen LogP contribution < -0.4 is 0 Å². The Hall–Kier alpha value is -0.500. The summed E-state index contributed by atoms with van der Waals surface area (Å²) in [5.41, 5.74) is 1.14. The number of aliphatic hydroxyl groups excluding tert-OH is 1. The van der Waals surface area contributed by atoms with Gasteiger partial charge >= 0.3 is 0 Å². The third-order valence-corrected chi connectivity index (χ3v) is 4.32. The van der Waals surface area contributed by atoms with Crippen LogP contribution in [0, 0.1) is 17.8 Å². The minimum Gasteiger partial charge on any atom is -0.501 e. The molecule has 2 nitrogen and oxygen atoms in total. The maximum Gasteiger partial charge on any atom is 0.0912 e. The summed E-state index contributed by atoms with van der Waals surface area (Å²) in [5.74, 6) is 2.26. The SMILES string of the molecule is OC(C1=COCC1)C1CC2CCC1C2. The van der Waals surface area contributed by atoms with E-state index in [0.717, 1.165) is 30.4 Å². The number of hydrogen-bond acceptors (Lipinski definition) is 2. The first-order valence-corrected chi connectivity index (χ1v) is 5.83. The summed E-state index contributed by atoms with van der Waals surface area (Å²) in [7, 11) is 0. The number of fused-ring (bicyclic) bond motifs is 2. The summed E-state index contributed by atoms with van der Waals surface area (Å²) in [5, 5.41) is 10.2. The van der Waals surface area contributed by atoms with Gasteiger partial charge in [-0.1, -0.05) is 6.42 Å². The molecule has 0 spiro atoms. The highest BCUT2D eigenvalue weighted by Gasteiger charge is 2.43. The molecule has 14 heavy (non-hydrogen) atoms. The second-order valence-corrected chi connectivity index (χ2v) is 5.10. The molecule has 2 heteroatoms. The lowest BCUT2D eigenvalue weighted by molar-refractivity contribution is 0.102. The van der Waals surface area contributed by atoms with E-state index >= 15 is 0 Å². The van der Waals surface area contributed by atoms with Crippen molar-refractivity contribution in [1.29, 1.82) is 0 Å². The molecule has 0 aromatic rings. The normalized spacial score (nSPS) is 42.4. The van der Waals surface area contributed by atoms with Crippen LogP contribution in [-0.4, -0.2) is 17.8 Å². The summed E-state index contributed by atoms with van der Waals surface area (Å²) >= 11 is 0. The third-order valence-electron chi connectivity index (χ3n) is 4.32. The summed E-state index contributed by atoms with van der Waals surface area (Å²) < 4.78 is 5.20. The Morgan fingerprint density at radius 3 is 2.86 bits per heavy atom. The van der Waals surface area contributed by atoms with Gasteiger partial charge in [-0.2, -0.15) is 0 Å². The monoisotopic (exact) mass is 194 g/mol. The van der Waals surface area contributed by atoms with Gasteiger partial charge in [-0.05, 0) is 42.6 Å². The molecule has 2 saturated carbocycles. The minimum absolute atomic E-state index is 0.201. The predicted molar refractivity (Wildman–Crippen MR) is 53.6 cm³/mol. The zero-order valence-electron chi connectivity index (χ0n) is 8.48. The van der Waals surface area contributed by atoms with Crippen molar-refractivity contribution in [2.45, 2.75) is 38.2 Å². The topological polar surface area (TPSA) is 29.5 Å². The average molecular weight is 194 g/mol. The quantitative estimate of drug-likeness (QED) is 0.729. The molecule has 2 fully saturated rings. The van der Waals surface area contributed by atoms with Crippen molar-refractivity contribution in [2.75, 3.05) is 6.61 Å². The minimum atomic E-state index is -0.201. The Morgan fingerprint density at radius 1 is 1.36 bits per heavy atom. The van der Waals surface area contributed by atoms with E-state index < -0.39 is 0 Å². The van der Waals surface area contributed by atoms with Gasteiger partial charge in [-0.25, -0.2) is 0 Å². The van der Waals surface area contributed by atoms with E-state index in [1.54, 1.807) is 6.26 Å². The van der Waals surface area contributed by atoms with E-state index in [-0.39, 0.29) is 6.10 Å². The van der Waals surface area contributed by atoms with Crippen LogP contribution in [0.25, 0.3) is 0 Å². The van der Waals surface area contributed by atoms with E-state index in [1.807, 2.05) is 0 Å². The molecule has 0 saturated heterocycles. The van der Waals surface area contributed by atoms with E-state index in [9.17, 15) is 5.11 Å². The van der Waals surface area contributed by atoms with Gasteiger partial charge in [-0.15, -0.1) is 0 Å². The lowest BCUT2D eigenvalue weighted by atomic mass is 9.82. The molecule has 0 aromatic heterocycles. The zero-order chi connectivity index (χ0) is 9.54. The van der Waals surface area contributed by atoms with Gasteiger partial charge in [0.1, 0.15) is 0 Å². The molecule has 0 radical (unpaired) electrons. The van der Waals surface area contributed by atoms with Crippen LogP contribution in [0.4, 0.5) is 0 Å². The van der Waals surface area contributed by atoms with Crippen molar-refractivity contribution in [2.24, 2.45) is 17.8 Å². The maximum absolute atomic E-state index is 10.2. The number of rotatable bonds is 2. The van der Waals surface area contributed by atoms with Crippen molar-refractivity contribution in [1.82, 2.24) is 0 Å². The van der Waals surface area contributed by atoms with Crippen LogP contribution in [0.5, 0.6) is 0 Å². The molecule has 4 atom stereocenters. The van der Waals surface area contributed by atoms with Crippen LogP contribution in [0.1, 0.15) is 32.1 Å². The Morgan fingerprint density at radius 2 is 2.29 bits per heavy atom. The van der Waals surface area contributed by atoms with E-state index in [0.29, 0.717) is 5.92 Å². The predicted octanol–water partition coefficient (Wildman–Crippen LogP) is 2.09. The first-order chi connectivity index (χ1) is 6.84. The van der Waals surface area contributed by atoms with Gasteiger partial charge in [-0.3, -0.25) is 0 Å². The summed E-state index contributed by atoms with van der Waals surface area (Å²) in [6, 6.07) is 0. The van der Waals surface area contributed by atoms with Crippen molar-refractivity contribution in [3.8, 4) is 0 Å². The van der Waals surface area contributed by atoms with Gasteiger partial charge in [0.05, 0.1) is 19.0 Å². The molecule has 78 valence electrons. The van der Waals surface area contributed by atoms with Gasteiger partial charge in [0.2, 0.25) is 0 Å². The Bertz CT molecular complexity index is 259.